The zero-order valence-electron chi connectivity index (χ0n) is 15.6. The van der Waals surface area contributed by atoms with Crippen LogP contribution in [0.25, 0.3) is 0 Å². The van der Waals surface area contributed by atoms with Crippen molar-refractivity contribution in [3.05, 3.63) is 59.7 Å². The molecule has 0 aromatic heterocycles. The van der Waals surface area contributed by atoms with Crippen LogP contribution in [0.5, 0.6) is 0 Å². The number of piperidine rings is 1. The molecule has 0 spiro atoms. The molecule has 0 radical (unpaired) electrons. The van der Waals surface area contributed by atoms with Crippen molar-refractivity contribution in [1.29, 1.82) is 0 Å². The first kappa shape index (κ1) is 19.6. The number of allylic oxidation sites excluding steroid dienone is 3. The number of nitrogens with zero attached hydrogens (tertiary/aromatic N) is 1. The molecule has 2 rings (SSSR count). The fourth-order valence-corrected chi connectivity index (χ4v) is 3.21. The second-order valence-electron chi connectivity index (χ2n) is 7.20. The predicted molar refractivity (Wildman–Crippen MR) is 103 cm³/mol. The van der Waals surface area contributed by atoms with E-state index in [1.807, 2.05) is 6.07 Å². The van der Waals surface area contributed by atoms with E-state index in [0.29, 0.717) is 18.6 Å². The van der Waals surface area contributed by atoms with E-state index in [0.717, 1.165) is 44.3 Å². The van der Waals surface area contributed by atoms with Crippen molar-refractivity contribution < 1.29 is 9.53 Å². The smallest absolute Gasteiger partial charge is 0.143 e. The molecule has 25 heavy (non-hydrogen) atoms. The first-order valence-corrected chi connectivity index (χ1v) is 9.36. The zero-order chi connectivity index (χ0) is 17.9. The molecule has 1 heterocycles. The van der Waals surface area contributed by atoms with Gasteiger partial charge < -0.3 is 4.74 Å². The van der Waals surface area contributed by atoms with Gasteiger partial charge in [-0.2, -0.15) is 0 Å². The highest BCUT2D eigenvalue weighted by molar-refractivity contribution is 5.67. The molecular weight excluding hydrogens is 310 g/mol. The van der Waals surface area contributed by atoms with Crippen molar-refractivity contribution in [1.82, 2.24) is 4.90 Å². The van der Waals surface area contributed by atoms with Crippen LogP contribution in [-0.2, 0) is 16.1 Å². The fraction of sp³-hybridized carbons (Fsp3) is 0.500. The average molecular weight is 341 g/mol. The first-order chi connectivity index (χ1) is 12.2. The molecule has 1 fully saturated rings. The molecule has 1 aliphatic rings. The van der Waals surface area contributed by atoms with E-state index >= 15 is 0 Å². The second-order valence-corrected chi connectivity index (χ2v) is 7.20. The van der Waals surface area contributed by atoms with Gasteiger partial charge in [0.2, 0.25) is 0 Å². The Morgan fingerprint density at radius 2 is 2.12 bits per heavy atom. The SMILES string of the molecule is CC(C)CC(C=CCN1CCCC(OCc2ccccc2)C1)=CC=O. The van der Waals surface area contributed by atoms with Crippen molar-refractivity contribution in [2.24, 2.45) is 5.92 Å². The van der Waals surface area contributed by atoms with E-state index in [9.17, 15) is 4.79 Å². The maximum absolute atomic E-state index is 10.8. The molecule has 0 bridgehead atoms. The molecule has 1 aliphatic heterocycles. The van der Waals surface area contributed by atoms with Crippen molar-refractivity contribution in [3.8, 4) is 0 Å². The quantitative estimate of drug-likeness (QED) is 0.379. The van der Waals surface area contributed by atoms with Crippen molar-refractivity contribution >= 4 is 6.29 Å². The van der Waals surface area contributed by atoms with Gasteiger partial charge in [-0.25, -0.2) is 0 Å². The Morgan fingerprint density at radius 1 is 1.32 bits per heavy atom. The summed E-state index contributed by atoms with van der Waals surface area (Å²) in [5.41, 5.74) is 2.34. The van der Waals surface area contributed by atoms with Crippen LogP contribution in [0.1, 0.15) is 38.7 Å². The molecule has 1 aromatic carbocycles. The van der Waals surface area contributed by atoms with E-state index in [1.54, 1.807) is 6.08 Å². The van der Waals surface area contributed by atoms with E-state index in [1.165, 1.54) is 12.0 Å². The molecule has 0 amide bonds. The van der Waals surface area contributed by atoms with Gasteiger partial charge in [0.25, 0.3) is 0 Å². The van der Waals surface area contributed by atoms with Crippen LogP contribution in [0, 0.1) is 5.92 Å². The molecule has 3 heteroatoms. The second kappa shape index (κ2) is 11.0. The number of aldehydes is 1. The minimum atomic E-state index is 0.308. The lowest BCUT2D eigenvalue weighted by molar-refractivity contribution is -0.104. The summed E-state index contributed by atoms with van der Waals surface area (Å²) < 4.78 is 6.09. The molecular formula is C22H31NO2. The third-order valence-electron chi connectivity index (χ3n) is 4.41. The Morgan fingerprint density at radius 3 is 2.84 bits per heavy atom. The topological polar surface area (TPSA) is 29.5 Å². The highest BCUT2D eigenvalue weighted by Gasteiger charge is 2.19. The monoisotopic (exact) mass is 341 g/mol. The highest BCUT2D eigenvalue weighted by Crippen LogP contribution is 2.16. The molecule has 3 nitrogen and oxygen atoms in total. The summed E-state index contributed by atoms with van der Waals surface area (Å²) in [5.74, 6) is 0.557. The molecule has 136 valence electrons. The minimum Gasteiger partial charge on any atom is -0.372 e. The minimum absolute atomic E-state index is 0.308. The Hall–Kier alpha value is -1.71. The van der Waals surface area contributed by atoms with Gasteiger partial charge in [0.05, 0.1) is 12.7 Å². The van der Waals surface area contributed by atoms with Crippen LogP contribution >= 0.6 is 0 Å². The van der Waals surface area contributed by atoms with Crippen LogP contribution in [0.3, 0.4) is 0 Å². The lowest BCUT2D eigenvalue weighted by Crippen LogP contribution is -2.39. The third kappa shape index (κ3) is 7.80. The van der Waals surface area contributed by atoms with E-state index in [2.05, 4.69) is 55.2 Å². The van der Waals surface area contributed by atoms with E-state index < -0.39 is 0 Å². The number of ether oxygens (including phenoxy) is 1. The van der Waals surface area contributed by atoms with Gasteiger partial charge in [0.1, 0.15) is 6.29 Å². The Labute approximate surface area is 152 Å². The van der Waals surface area contributed by atoms with Gasteiger partial charge in [0, 0.05) is 13.1 Å². The summed E-state index contributed by atoms with van der Waals surface area (Å²) in [6, 6.07) is 10.4. The number of benzene rings is 1. The maximum atomic E-state index is 10.8. The lowest BCUT2D eigenvalue weighted by Gasteiger charge is -2.32. The summed E-state index contributed by atoms with van der Waals surface area (Å²) in [5, 5.41) is 0. The Balaban J connectivity index is 1.77. The number of carbonyl (C=O) groups is 1. The zero-order valence-corrected chi connectivity index (χ0v) is 15.6. The third-order valence-corrected chi connectivity index (χ3v) is 4.41. The lowest BCUT2D eigenvalue weighted by atomic mass is 10.0. The number of likely N-dealkylation sites (tertiary alicyclic amines) is 1. The van der Waals surface area contributed by atoms with Crippen molar-refractivity contribution in [2.45, 2.75) is 45.8 Å². The summed E-state index contributed by atoms with van der Waals surface area (Å²) >= 11 is 0. The van der Waals surface area contributed by atoms with Crippen LogP contribution in [-0.4, -0.2) is 36.9 Å². The van der Waals surface area contributed by atoms with Gasteiger partial charge in [-0.05, 0) is 48.9 Å². The first-order valence-electron chi connectivity index (χ1n) is 9.36. The van der Waals surface area contributed by atoms with Crippen LogP contribution in [0.4, 0.5) is 0 Å². The number of hydrogen-bond acceptors (Lipinski definition) is 3. The summed E-state index contributed by atoms with van der Waals surface area (Å²) in [7, 11) is 0. The van der Waals surface area contributed by atoms with Gasteiger partial charge in [0.15, 0.2) is 0 Å². The van der Waals surface area contributed by atoms with Crippen LogP contribution in [0.15, 0.2) is 54.1 Å². The molecule has 0 saturated carbocycles. The summed E-state index contributed by atoms with van der Waals surface area (Å²) in [6.45, 7) is 8.05. The summed E-state index contributed by atoms with van der Waals surface area (Å²) in [4.78, 5) is 13.2. The number of hydrogen-bond donors (Lipinski definition) is 0. The van der Waals surface area contributed by atoms with Gasteiger partial charge in [-0.3, -0.25) is 9.69 Å². The molecule has 1 atom stereocenters. The predicted octanol–water partition coefficient (Wildman–Crippen LogP) is 4.40. The van der Waals surface area contributed by atoms with E-state index in [-0.39, 0.29) is 0 Å². The van der Waals surface area contributed by atoms with Crippen molar-refractivity contribution in [2.75, 3.05) is 19.6 Å². The van der Waals surface area contributed by atoms with Gasteiger partial charge >= 0.3 is 0 Å². The van der Waals surface area contributed by atoms with Crippen LogP contribution < -0.4 is 0 Å². The van der Waals surface area contributed by atoms with E-state index in [4.69, 9.17) is 4.74 Å². The Bertz CT molecular complexity index is 563. The normalized spacial score (nSPS) is 19.6. The summed E-state index contributed by atoms with van der Waals surface area (Å²) in [6.07, 6.45) is 10.4. The molecule has 1 unspecified atom stereocenters. The number of carbonyl (C=O) groups excluding carboxylic acids is 1. The van der Waals surface area contributed by atoms with Gasteiger partial charge in [-0.1, -0.05) is 56.3 Å². The molecule has 0 N–H and O–H groups in total. The fourth-order valence-electron chi connectivity index (χ4n) is 3.21. The molecule has 1 aromatic rings. The highest BCUT2D eigenvalue weighted by atomic mass is 16.5. The number of rotatable bonds is 9. The van der Waals surface area contributed by atoms with Crippen LogP contribution in [0.2, 0.25) is 0 Å². The molecule has 0 aliphatic carbocycles. The average Bonchev–Trinajstić information content (AvgIpc) is 2.61. The van der Waals surface area contributed by atoms with Crippen molar-refractivity contribution in [3.63, 3.8) is 0 Å². The standard InChI is InChI=1S/C22H31NO2/c1-19(2)16-20(12-15-24)10-6-13-23-14-7-11-22(17-23)25-18-21-8-4-3-5-9-21/h3-6,8-10,12,15,19,22H,7,11,13-14,16-18H2,1-2H3. The maximum Gasteiger partial charge on any atom is 0.143 e. The molecule has 1 saturated heterocycles. The Kier molecular flexibility index (Phi) is 8.64. The van der Waals surface area contributed by atoms with Gasteiger partial charge in [-0.15, -0.1) is 0 Å². The largest absolute Gasteiger partial charge is 0.372 e.